The van der Waals surface area contributed by atoms with Crippen LogP contribution in [0, 0.1) is 4.64 Å². The first-order valence-corrected chi connectivity index (χ1v) is 8.34. The number of imidazole rings is 1. The maximum atomic E-state index is 11.1. The molecule has 0 unspecified atom stereocenters. The molecule has 0 saturated carbocycles. The summed E-state index contributed by atoms with van der Waals surface area (Å²) < 4.78 is 22.8. The average molecular weight is 364 g/mol. The third-order valence-corrected chi connectivity index (χ3v) is 4.22. The van der Waals surface area contributed by atoms with Crippen LogP contribution in [-0.2, 0) is 13.8 Å². The normalized spacial score (nSPS) is 28.5. The molecule has 0 spiro atoms. The molecule has 13 heteroatoms. The van der Waals surface area contributed by atoms with Gasteiger partial charge in [0.15, 0.2) is 10.9 Å². The molecule has 0 radical (unpaired) electrons. The molecule has 0 bridgehead atoms. The molecule has 0 aromatic carbocycles. The van der Waals surface area contributed by atoms with Crippen molar-refractivity contribution in [3.63, 3.8) is 0 Å². The number of phosphoric ester groups is 1. The van der Waals surface area contributed by atoms with Crippen molar-refractivity contribution in [3.8, 4) is 0 Å². The largest absolute Gasteiger partial charge is 0.470 e. The molecule has 4 atom stereocenters. The number of aliphatic hydroxyl groups excluding tert-OH is 2. The van der Waals surface area contributed by atoms with Gasteiger partial charge in [-0.3, -0.25) is 9.09 Å². The van der Waals surface area contributed by atoms with E-state index >= 15 is 0 Å². The molecule has 2 aromatic heterocycles. The summed E-state index contributed by atoms with van der Waals surface area (Å²) in [6.07, 6.45) is -2.42. The molecule has 3 rings (SSSR count). The smallest absolute Gasteiger partial charge is 0.394 e. The summed E-state index contributed by atoms with van der Waals surface area (Å²) in [5.41, 5.74) is 0.725. The fraction of sp³-hybridized carbons (Fsp3) is 0.500. The van der Waals surface area contributed by atoms with E-state index in [2.05, 4.69) is 19.5 Å². The van der Waals surface area contributed by atoms with Gasteiger partial charge < -0.3 is 29.7 Å². The number of rotatable bonds is 4. The van der Waals surface area contributed by atoms with Crippen molar-refractivity contribution in [2.24, 2.45) is 0 Å². The Kier molecular flexibility index (Phi) is 4.33. The molecule has 1 fully saturated rings. The number of phosphoric acid groups is 1. The average Bonchev–Trinajstić information content (AvgIpc) is 3.01. The van der Waals surface area contributed by atoms with E-state index in [0.29, 0.717) is 11.2 Å². The van der Waals surface area contributed by atoms with Crippen LogP contribution in [0.1, 0.15) is 6.23 Å². The highest BCUT2D eigenvalue weighted by atomic mass is 32.1. The van der Waals surface area contributed by atoms with Gasteiger partial charge in [-0.25, -0.2) is 14.5 Å². The van der Waals surface area contributed by atoms with Crippen LogP contribution in [0.3, 0.4) is 0 Å². The minimum absolute atomic E-state index is 0.224. The Labute approximate surface area is 133 Å². The summed E-state index contributed by atoms with van der Waals surface area (Å²) in [5, 5.41) is 19.3. The summed E-state index contributed by atoms with van der Waals surface area (Å²) in [6, 6.07) is 0. The Balaban J connectivity index is 2.05. The Hall–Kier alpha value is -1.24. The quantitative estimate of drug-likeness (QED) is 0.343. The highest BCUT2D eigenvalue weighted by Crippen LogP contribution is 2.44. The molecule has 3 heterocycles. The Morgan fingerprint density at radius 2 is 2.22 bits per heavy atom. The Morgan fingerprint density at radius 1 is 1.48 bits per heavy atom. The lowest BCUT2D eigenvalue weighted by atomic mass is 10.1. The second-order valence-electron chi connectivity index (χ2n) is 4.86. The van der Waals surface area contributed by atoms with E-state index < -0.39 is 39.0 Å². The van der Waals surface area contributed by atoms with Crippen LogP contribution in [0.25, 0.3) is 11.2 Å². The predicted molar refractivity (Wildman–Crippen MR) is 76.6 cm³/mol. The first kappa shape index (κ1) is 16.6. The maximum Gasteiger partial charge on any atom is 0.470 e. The lowest BCUT2D eigenvalue weighted by molar-refractivity contribution is -0.0505. The second-order valence-corrected chi connectivity index (χ2v) is 6.43. The highest BCUT2D eigenvalue weighted by molar-refractivity contribution is 7.71. The molecule has 11 nitrogen and oxygen atoms in total. The molecule has 5 N–H and O–H groups in total. The predicted octanol–water partition coefficient (Wildman–Crippen LogP) is -0.783. The van der Waals surface area contributed by atoms with E-state index in [0.717, 1.165) is 0 Å². The summed E-state index contributed by atoms with van der Waals surface area (Å²) in [6.45, 7) is -0.553. The monoisotopic (exact) mass is 364 g/mol. The number of hydrogen-bond donors (Lipinski definition) is 5. The summed E-state index contributed by atoms with van der Waals surface area (Å²) >= 11 is 5.04. The number of aliphatic hydroxyl groups is 2. The minimum atomic E-state index is -4.90. The molecule has 0 aliphatic carbocycles. The lowest BCUT2D eigenvalue weighted by Gasteiger charge is -2.22. The van der Waals surface area contributed by atoms with Gasteiger partial charge in [0.25, 0.3) is 0 Å². The van der Waals surface area contributed by atoms with Crippen LogP contribution in [-0.4, -0.2) is 64.4 Å². The number of H-pyrrole nitrogens is 1. The van der Waals surface area contributed by atoms with Gasteiger partial charge >= 0.3 is 7.82 Å². The van der Waals surface area contributed by atoms with Crippen LogP contribution in [0.15, 0.2) is 12.7 Å². The molecule has 23 heavy (non-hydrogen) atoms. The number of aromatic nitrogens is 4. The van der Waals surface area contributed by atoms with Crippen LogP contribution < -0.4 is 0 Å². The van der Waals surface area contributed by atoms with Gasteiger partial charge in [0.05, 0.1) is 19.3 Å². The summed E-state index contributed by atoms with van der Waals surface area (Å²) in [5.74, 6) is 0. The number of aromatic amines is 1. The van der Waals surface area contributed by atoms with Gasteiger partial charge in [-0.2, -0.15) is 0 Å². The minimum Gasteiger partial charge on any atom is -0.394 e. The molecule has 126 valence electrons. The topological polar surface area (TPSA) is 163 Å². The fourth-order valence-corrected chi connectivity index (χ4v) is 3.18. The van der Waals surface area contributed by atoms with Crippen molar-refractivity contribution in [2.45, 2.75) is 24.5 Å². The maximum absolute atomic E-state index is 11.1. The van der Waals surface area contributed by atoms with Gasteiger partial charge in [0, 0.05) is 0 Å². The van der Waals surface area contributed by atoms with Crippen molar-refractivity contribution in [2.75, 3.05) is 6.61 Å². The van der Waals surface area contributed by atoms with E-state index in [-0.39, 0.29) is 4.64 Å². The van der Waals surface area contributed by atoms with E-state index in [9.17, 15) is 14.8 Å². The van der Waals surface area contributed by atoms with Gasteiger partial charge in [-0.05, 0) is 0 Å². The lowest BCUT2D eigenvalue weighted by Crippen LogP contribution is -2.34. The van der Waals surface area contributed by atoms with Crippen LogP contribution in [0.2, 0.25) is 0 Å². The van der Waals surface area contributed by atoms with Gasteiger partial charge in [0.1, 0.15) is 29.5 Å². The Bertz CT molecular complexity index is 819. The van der Waals surface area contributed by atoms with Crippen LogP contribution in [0.4, 0.5) is 0 Å². The molecule has 2 aromatic rings. The number of ether oxygens (including phenoxy) is 1. The highest BCUT2D eigenvalue weighted by Gasteiger charge is 2.48. The first-order chi connectivity index (χ1) is 10.8. The molecule has 1 aliphatic heterocycles. The number of fused-ring (bicyclic) bond motifs is 1. The fourth-order valence-electron chi connectivity index (χ4n) is 2.43. The first-order valence-electron chi connectivity index (χ1n) is 6.40. The molecule has 1 aliphatic rings. The number of hydrogen-bond acceptors (Lipinski definition) is 8. The zero-order valence-electron chi connectivity index (χ0n) is 11.4. The van der Waals surface area contributed by atoms with Gasteiger partial charge in [-0.1, -0.05) is 12.2 Å². The van der Waals surface area contributed by atoms with E-state index in [1.807, 2.05) is 0 Å². The standard InChI is InChI=1S/C10H13N4O7PS/c15-1-4-6(16)7(21-22(17,18)19)10(20-4)14-3-13-5-8(14)11-2-12-9(5)23/h2-4,6-7,10,15-16H,1H2,(H,11,12,23)(H2,17,18,19)/t4-,6-,7-,10-/m1/s1. The third-order valence-electron chi connectivity index (χ3n) is 3.41. The second kappa shape index (κ2) is 6.00. The summed E-state index contributed by atoms with van der Waals surface area (Å²) in [7, 11) is -4.90. The SMILES string of the molecule is O=P(O)(O)O[C@@H]1[C@H](O)[C@@H](CO)O[C@H]1n1cnc2c(=S)nc[nH]c21. The molecule has 1 saturated heterocycles. The van der Waals surface area contributed by atoms with Crippen molar-refractivity contribution in [1.29, 1.82) is 0 Å². The van der Waals surface area contributed by atoms with Crippen LogP contribution >= 0.6 is 20.0 Å². The Morgan fingerprint density at radius 3 is 2.87 bits per heavy atom. The number of nitrogens with one attached hydrogen (secondary N) is 1. The van der Waals surface area contributed by atoms with Crippen molar-refractivity contribution >= 4 is 31.2 Å². The third kappa shape index (κ3) is 3.07. The van der Waals surface area contributed by atoms with E-state index in [4.69, 9.17) is 26.7 Å². The van der Waals surface area contributed by atoms with Crippen molar-refractivity contribution < 1.29 is 33.8 Å². The zero-order valence-corrected chi connectivity index (χ0v) is 13.1. The number of nitrogens with zero attached hydrogens (tertiary/aromatic N) is 3. The van der Waals surface area contributed by atoms with Crippen molar-refractivity contribution in [3.05, 3.63) is 17.3 Å². The molecular weight excluding hydrogens is 351 g/mol. The molecular formula is C10H13N4O7PS. The van der Waals surface area contributed by atoms with Crippen molar-refractivity contribution in [1.82, 2.24) is 19.5 Å². The zero-order chi connectivity index (χ0) is 16.8. The van der Waals surface area contributed by atoms with E-state index in [1.54, 1.807) is 0 Å². The summed E-state index contributed by atoms with van der Waals surface area (Å²) in [4.78, 5) is 28.8. The van der Waals surface area contributed by atoms with Gasteiger partial charge in [-0.15, -0.1) is 0 Å². The molecule has 0 amide bonds. The van der Waals surface area contributed by atoms with E-state index in [1.165, 1.54) is 17.2 Å². The van der Waals surface area contributed by atoms with Gasteiger partial charge in [0.2, 0.25) is 0 Å². The van der Waals surface area contributed by atoms with Crippen LogP contribution in [0.5, 0.6) is 0 Å².